The summed E-state index contributed by atoms with van der Waals surface area (Å²) in [5.74, 6) is 0.327. The summed E-state index contributed by atoms with van der Waals surface area (Å²) in [5.41, 5.74) is 8.70. The molecule has 3 rings (SSSR count). The van der Waals surface area contributed by atoms with Crippen molar-refractivity contribution in [2.45, 2.75) is 18.9 Å². The van der Waals surface area contributed by atoms with Crippen molar-refractivity contribution in [3.8, 4) is 0 Å². The molecule has 0 bridgehead atoms. The Labute approximate surface area is 115 Å². The van der Waals surface area contributed by atoms with Gasteiger partial charge in [0.2, 0.25) is 0 Å². The Morgan fingerprint density at radius 3 is 3.05 bits per heavy atom. The minimum absolute atomic E-state index is 0.111. The van der Waals surface area contributed by atoms with Crippen molar-refractivity contribution in [2.24, 2.45) is 5.73 Å². The number of carbonyl (C=O) groups is 1. The monoisotopic (exact) mass is 273 g/mol. The van der Waals surface area contributed by atoms with Gasteiger partial charge < -0.3 is 11.1 Å². The first kappa shape index (κ1) is 12.3. The van der Waals surface area contributed by atoms with Crippen LogP contribution in [0.1, 0.15) is 32.5 Å². The van der Waals surface area contributed by atoms with Crippen molar-refractivity contribution in [1.29, 1.82) is 0 Å². The fourth-order valence-electron chi connectivity index (χ4n) is 2.36. The molecule has 0 spiro atoms. The molecule has 2 aromatic rings. The molecule has 1 amide bonds. The van der Waals surface area contributed by atoms with Gasteiger partial charge in [0.25, 0.3) is 5.91 Å². The summed E-state index contributed by atoms with van der Waals surface area (Å²) in [4.78, 5) is 16.1. The van der Waals surface area contributed by atoms with E-state index in [2.05, 4.69) is 28.5 Å². The number of hydrogen-bond acceptors (Lipinski definition) is 4. The summed E-state index contributed by atoms with van der Waals surface area (Å²) in [6.07, 6.45) is 1.04. The van der Waals surface area contributed by atoms with Gasteiger partial charge in [-0.1, -0.05) is 24.3 Å². The van der Waals surface area contributed by atoms with Crippen molar-refractivity contribution in [1.82, 2.24) is 10.3 Å². The number of amides is 1. The average Bonchev–Trinajstić information content (AvgIpc) is 2.88. The first-order valence-corrected chi connectivity index (χ1v) is 7.16. The lowest BCUT2D eigenvalue weighted by atomic mass is 9.77. The molecule has 0 fully saturated rings. The van der Waals surface area contributed by atoms with Crippen LogP contribution in [0.5, 0.6) is 0 Å². The molecular weight excluding hydrogens is 258 g/mol. The van der Waals surface area contributed by atoms with Crippen LogP contribution in [0.4, 0.5) is 0 Å². The van der Waals surface area contributed by atoms with E-state index >= 15 is 0 Å². The zero-order valence-electron chi connectivity index (χ0n) is 10.4. The van der Waals surface area contributed by atoms with Crippen molar-refractivity contribution in [2.75, 3.05) is 6.54 Å². The van der Waals surface area contributed by atoms with Gasteiger partial charge in [-0.2, -0.15) is 0 Å². The van der Waals surface area contributed by atoms with Gasteiger partial charge in [0.15, 0.2) is 0 Å². The summed E-state index contributed by atoms with van der Waals surface area (Å²) in [7, 11) is 0. The molecule has 0 saturated carbocycles. The maximum absolute atomic E-state index is 11.9. The molecule has 1 aliphatic rings. The van der Waals surface area contributed by atoms with Crippen LogP contribution in [0.2, 0.25) is 0 Å². The number of benzene rings is 1. The summed E-state index contributed by atoms with van der Waals surface area (Å²) >= 11 is 1.42. The number of carbonyl (C=O) groups excluding carboxylic acids is 1. The molecule has 4 nitrogen and oxygen atoms in total. The van der Waals surface area contributed by atoms with Crippen molar-refractivity contribution >= 4 is 17.2 Å². The second-order valence-corrected chi connectivity index (χ2v) is 5.58. The normalized spacial score (nSPS) is 16.6. The van der Waals surface area contributed by atoms with E-state index in [1.165, 1.54) is 22.5 Å². The maximum atomic E-state index is 11.9. The molecule has 1 atom stereocenters. The summed E-state index contributed by atoms with van der Waals surface area (Å²) in [6, 6.07) is 8.37. The van der Waals surface area contributed by atoms with Gasteiger partial charge >= 0.3 is 0 Å². The second kappa shape index (κ2) is 5.11. The average molecular weight is 273 g/mol. The quantitative estimate of drug-likeness (QED) is 0.890. The third-order valence-corrected chi connectivity index (χ3v) is 4.30. The highest BCUT2D eigenvalue weighted by Gasteiger charge is 2.25. The molecule has 98 valence electrons. The van der Waals surface area contributed by atoms with Crippen molar-refractivity contribution in [3.05, 3.63) is 51.5 Å². The second-order valence-electron chi connectivity index (χ2n) is 4.64. The predicted molar refractivity (Wildman–Crippen MR) is 75.2 cm³/mol. The number of nitrogens with two attached hydrogens (primary N) is 1. The van der Waals surface area contributed by atoms with E-state index < -0.39 is 0 Å². The Morgan fingerprint density at radius 2 is 2.32 bits per heavy atom. The lowest BCUT2D eigenvalue weighted by molar-refractivity contribution is 0.0945. The molecule has 0 saturated heterocycles. The van der Waals surface area contributed by atoms with E-state index in [0.29, 0.717) is 24.7 Å². The fourth-order valence-corrected chi connectivity index (χ4v) is 3.01. The number of nitrogens with one attached hydrogen (secondary N) is 1. The largest absolute Gasteiger partial charge is 0.350 e. The van der Waals surface area contributed by atoms with Gasteiger partial charge in [0.1, 0.15) is 10.7 Å². The first-order chi connectivity index (χ1) is 9.28. The van der Waals surface area contributed by atoms with Crippen LogP contribution in [0.25, 0.3) is 0 Å². The van der Waals surface area contributed by atoms with E-state index in [-0.39, 0.29) is 5.91 Å². The van der Waals surface area contributed by atoms with E-state index in [0.717, 1.165) is 11.4 Å². The molecule has 0 aliphatic heterocycles. The zero-order chi connectivity index (χ0) is 13.2. The maximum Gasteiger partial charge on any atom is 0.270 e. The highest BCUT2D eigenvalue weighted by atomic mass is 32.1. The highest BCUT2D eigenvalue weighted by molar-refractivity contribution is 7.09. The molecule has 1 aromatic carbocycles. The Bertz CT molecular complexity index is 608. The van der Waals surface area contributed by atoms with E-state index in [1.807, 2.05) is 6.07 Å². The molecule has 19 heavy (non-hydrogen) atoms. The third kappa shape index (κ3) is 2.39. The summed E-state index contributed by atoms with van der Waals surface area (Å²) < 4.78 is 0. The molecule has 1 unspecified atom stereocenters. The Morgan fingerprint density at radius 1 is 1.47 bits per heavy atom. The molecule has 1 heterocycles. The number of thiazole rings is 1. The van der Waals surface area contributed by atoms with Crippen LogP contribution in [0.3, 0.4) is 0 Å². The Kier molecular flexibility index (Phi) is 3.31. The van der Waals surface area contributed by atoms with Crippen LogP contribution in [0, 0.1) is 0 Å². The molecule has 1 aliphatic carbocycles. The van der Waals surface area contributed by atoms with Gasteiger partial charge in [-0.05, 0) is 17.5 Å². The number of nitrogens with zero attached hydrogens (tertiary/aromatic N) is 1. The minimum Gasteiger partial charge on any atom is -0.350 e. The lowest BCUT2D eigenvalue weighted by Gasteiger charge is -2.30. The zero-order valence-corrected chi connectivity index (χ0v) is 11.2. The topological polar surface area (TPSA) is 68.0 Å². The van der Waals surface area contributed by atoms with Crippen LogP contribution in [0.15, 0.2) is 29.6 Å². The minimum atomic E-state index is -0.111. The summed E-state index contributed by atoms with van der Waals surface area (Å²) in [6.45, 7) is 1.05. The van der Waals surface area contributed by atoms with Crippen LogP contribution >= 0.6 is 11.3 Å². The number of fused-ring (bicyclic) bond motifs is 1. The van der Waals surface area contributed by atoms with Gasteiger partial charge in [-0.15, -0.1) is 11.3 Å². The van der Waals surface area contributed by atoms with Gasteiger partial charge in [-0.25, -0.2) is 4.98 Å². The Balaban J connectivity index is 1.58. The smallest absolute Gasteiger partial charge is 0.270 e. The first-order valence-electron chi connectivity index (χ1n) is 6.28. The number of rotatable bonds is 4. The molecule has 3 N–H and O–H groups in total. The number of hydrogen-bond donors (Lipinski definition) is 2. The Hall–Kier alpha value is -1.72. The van der Waals surface area contributed by atoms with Crippen LogP contribution < -0.4 is 11.1 Å². The van der Waals surface area contributed by atoms with Crippen LogP contribution in [-0.4, -0.2) is 17.4 Å². The van der Waals surface area contributed by atoms with Gasteiger partial charge in [0.05, 0.1) is 0 Å². The van der Waals surface area contributed by atoms with E-state index in [4.69, 9.17) is 5.73 Å². The predicted octanol–water partition coefficient (Wildman–Crippen LogP) is 1.67. The molecule has 0 radical (unpaired) electrons. The lowest BCUT2D eigenvalue weighted by Crippen LogP contribution is -2.33. The van der Waals surface area contributed by atoms with E-state index in [9.17, 15) is 4.79 Å². The molecular formula is C14H15N3OS. The van der Waals surface area contributed by atoms with Crippen molar-refractivity contribution < 1.29 is 4.79 Å². The molecule has 1 aromatic heterocycles. The summed E-state index contributed by atoms with van der Waals surface area (Å²) in [5, 5.41) is 5.49. The van der Waals surface area contributed by atoms with Gasteiger partial charge in [-0.3, -0.25) is 4.79 Å². The third-order valence-electron chi connectivity index (χ3n) is 3.43. The van der Waals surface area contributed by atoms with Crippen molar-refractivity contribution in [3.63, 3.8) is 0 Å². The van der Waals surface area contributed by atoms with E-state index in [1.54, 1.807) is 5.38 Å². The van der Waals surface area contributed by atoms with Gasteiger partial charge in [0, 0.05) is 24.4 Å². The number of aromatic nitrogens is 1. The fraction of sp³-hybridized carbons (Fsp3) is 0.286. The van der Waals surface area contributed by atoms with Crippen LogP contribution in [-0.2, 0) is 13.0 Å². The highest BCUT2D eigenvalue weighted by Crippen LogP contribution is 2.33. The molecule has 5 heteroatoms. The standard InChI is InChI=1S/C14H15N3OS/c15-6-13-17-12(8-19-13)14(18)16-7-10-5-9-3-1-2-4-11(9)10/h1-4,8,10H,5-7,15H2,(H,16,18). The SMILES string of the molecule is NCc1nc(C(=O)NCC2Cc3ccccc32)cs1.